The molecule has 0 fully saturated rings. The molecule has 1 rings (SSSR count). The highest BCUT2D eigenvalue weighted by atomic mass is 32.2. The first-order valence-electron chi connectivity index (χ1n) is 6.63. The molecule has 0 saturated carbocycles. The van der Waals surface area contributed by atoms with Gasteiger partial charge in [-0.1, -0.05) is 6.92 Å². The Morgan fingerprint density at radius 1 is 1.55 bits per heavy atom. The predicted octanol–water partition coefficient (Wildman–Crippen LogP) is 0.148. The molecule has 1 N–H and O–H groups in total. The largest absolute Gasteiger partial charge is 0.383 e. The number of nitrogens with zero attached hydrogens (tertiary/aromatic N) is 3. The van der Waals surface area contributed by atoms with Gasteiger partial charge < -0.3 is 10.1 Å². The molecular weight excluding hydrogens is 280 g/mol. The van der Waals surface area contributed by atoms with E-state index in [1.807, 2.05) is 6.92 Å². The molecule has 20 heavy (non-hydrogen) atoms. The third-order valence-corrected chi connectivity index (χ3v) is 5.01. The van der Waals surface area contributed by atoms with E-state index in [2.05, 4.69) is 10.4 Å². The smallest absolute Gasteiger partial charge is 0.246 e. The number of aromatic nitrogens is 2. The van der Waals surface area contributed by atoms with Gasteiger partial charge in [0.25, 0.3) is 0 Å². The first-order chi connectivity index (χ1) is 9.43. The zero-order chi connectivity index (χ0) is 15.2. The minimum absolute atomic E-state index is 0.208. The van der Waals surface area contributed by atoms with Crippen LogP contribution in [0.3, 0.4) is 0 Å². The maximum Gasteiger partial charge on any atom is 0.246 e. The minimum Gasteiger partial charge on any atom is -0.383 e. The van der Waals surface area contributed by atoms with Crippen molar-refractivity contribution < 1.29 is 13.2 Å². The summed E-state index contributed by atoms with van der Waals surface area (Å²) in [5.74, 6) is 0. The van der Waals surface area contributed by atoms with Crippen molar-refractivity contribution in [2.45, 2.75) is 31.3 Å². The second kappa shape index (κ2) is 7.72. The molecule has 1 atom stereocenters. The maximum absolute atomic E-state index is 12.4. The van der Waals surface area contributed by atoms with Crippen molar-refractivity contribution in [3.8, 4) is 0 Å². The fourth-order valence-electron chi connectivity index (χ4n) is 1.72. The number of methoxy groups -OCH3 is 1. The molecule has 0 saturated heterocycles. The van der Waals surface area contributed by atoms with Gasteiger partial charge in [-0.25, -0.2) is 8.42 Å². The number of hydrogen-bond acceptors (Lipinski definition) is 5. The van der Waals surface area contributed by atoms with Gasteiger partial charge >= 0.3 is 0 Å². The summed E-state index contributed by atoms with van der Waals surface area (Å²) in [6.07, 6.45) is 2.94. The Morgan fingerprint density at radius 3 is 2.85 bits per heavy atom. The molecule has 7 nitrogen and oxygen atoms in total. The lowest BCUT2D eigenvalue weighted by Gasteiger charge is -2.22. The first kappa shape index (κ1) is 17.1. The van der Waals surface area contributed by atoms with Crippen LogP contribution < -0.4 is 5.32 Å². The number of ether oxygens (including phenoxy) is 1. The molecular formula is C12H24N4O3S. The lowest BCUT2D eigenvalue weighted by Crippen LogP contribution is -2.37. The third-order valence-electron chi connectivity index (χ3n) is 3.08. The van der Waals surface area contributed by atoms with Crippen LogP contribution in [0.15, 0.2) is 17.3 Å². The Balaban J connectivity index is 2.77. The summed E-state index contributed by atoms with van der Waals surface area (Å²) in [5, 5.41) is 7.25. The number of likely N-dealkylation sites (N-methyl/N-ethyl adjacent to an activating group) is 2. The Labute approximate surface area is 121 Å². The zero-order valence-corrected chi connectivity index (χ0v) is 13.4. The maximum atomic E-state index is 12.4. The zero-order valence-electron chi connectivity index (χ0n) is 12.5. The van der Waals surface area contributed by atoms with E-state index in [0.29, 0.717) is 13.2 Å². The topological polar surface area (TPSA) is 76.5 Å². The van der Waals surface area contributed by atoms with Crippen molar-refractivity contribution in [1.82, 2.24) is 19.4 Å². The SMILES string of the molecule is CCNCCn1cc(S(=O)(=O)N(C)C(C)COC)cn1. The van der Waals surface area contributed by atoms with Crippen molar-refractivity contribution in [3.05, 3.63) is 12.4 Å². The van der Waals surface area contributed by atoms with Crippen LogP contribution in [0.25, 0.3) is 0 Å². The van der Waals surface area contributed by atoms with Gasteiger partial charge in [0.1, 0.15) is 4.90 Å². The van der Waals surface area contributed by atoms with Crippen molar-refractivity contribution >= 4 is 10.0 Å². The molecule has 1 heterocycles. The van der Waals surface area contributed by atoms with Gasteiger partial charge in [0.2, 0.25) is 10.0 Å². The van der Waals surface area contributed by atoms with Crippen LogP contribution in [0.4, 0.5) is 0 Å². The standard InChI is InChI=1S/C12H24N4O3S/c1-5-13-6-7-16-9-12(8-14-16)20(17,18)15(3)11(2)10-19-4/h8-9,11,13H,5-7,10H2,1-4H3. The Hall–Kier alpha value is -0.960. The number of sulfonamides is 1. The van der Waals surface area contributed by atoms with Gasteiger partial charge in [-0.05, 0) is 13.5 Å². The Kier molecular flexibility index (Phi) is 6.60. The van der Waals surface area contributed by atoms with Crippen molar-refractivity contribution in [2.75, 3.05) is 33.9 Å². The monoisotopic (exact) mass is 304 g/mol. The van der Waals surface area contributed by atoms with Crippen LogP contribution in [0, 0.1) is 0 Å². The van der Waals surface area contributed by atoms with Gasteiger partial charge in [-0.2, -0.15) is 9.40 Å². The molecule has 0 aliphatic carbocycles. The van der Waals surface area contributed by atoms with E-state index in [9.17, 15) is 8.42 Å². The highest BCUT2D eigenvalue weighted by Gasteiger charge is 2.26. The van der Waals surface area contributed by atoms with Crippen LogP contribution in [0.1, 0.15) is 13.8 Å². The van der Waals surface area contributed by atoms with Crippen LogP contribution in [0.5, 0.6) is 0 Å². The number of rotatable bonds is 9. The molecule has 0 bridgehead atoms. The van der Waals surface area contributed by atoms with Crippen LogP contribution in [-0.4, -0.2) is 62.4 Å². The van der Waals surface area contributed by atoms with E-state index >= 15 is 0 Å². The van der Waals surface area contributed by atoms with Crippen molar-refractivity contribution in [3.63, 3.8) is 0 Å². The van der Waals surface area contributed by atoms with Crippen molar-refractivity contribution in [1.29, 1.82) is 0 Å². The Morgan fingerprint density at radius 2 is 2.25 bits per heavy atom. The third kappa shape index (κ3) is 4.27. The molecule has 0 spiro atoms. The van der Waals surface area contributed by atoms with E-state index in [-0.39, 0.29) is 10.9 Å². The summed E-state index contributed by atoms with van der Waals surface area (Å²) in [6.45, 7) is 6.45. The lowest BCUT2D eigenvalue weighted by molar-refractivity contribution is 0.149. The molecule has 1 aromatic rings. The van der Waals surface area contributed by atoms with Gasteiger partial charge in [-0.3, -0.25) is 4.68 Å². The number of hydrogen-bond donors (Lipinski definition) is 1. The van der Waals surface area contributed by atoms with Crippen LogP contribution >= 0.6 is 0 Å². The van der Waals surface area contributed by atoms with Gasteiger partial charge in [0.15, 0.2) is 0 Å². The van der Waals surface area contributed by atoms with Gasteiger partial charge in [0, 0.05) is 32.9 Å². The van der Waals surface area contributed by atoms with Crippen molar-refractivity contribution in [2.24, 2.45) is 0 Å². The molecule has 1 unspecified atom stereocenters. The first-order valence-corrected chi connectivity index (χ1v) is 8.07. The molecule has 8 heteroatoms. The fraction of sp³-hybridized carbons (Fsp3) is 0.750. The van der Waals surface area contributed by atoms with Crippen LogP contribution in [0.2, 0.25) is 0 Å². The number of nitrogens with one attached hydrogen (secondary N) is 1. The summed E-state index contributed by atoms with van der Waals surface area (Å²) >= 11 is 0. The van der Waals surface area contributed by atoms with Crippen LogP contribution in [-0.2, 0) is 21.3 Å². The summed E-state index contributed by atoms with van der Waals surface area (Å²) in [5.41, 5.74) is 0. The normalized spacial score (nSPS) is 13.8. The average molecular weight is 304 g/mol. The minimum atomic E-state index is -3.52. The van der Waals surface area contributed by atoms with E-state index in [0.717, 1.165) is 13.1 Å². The highest BCUT2D eigenvalue weighted by Crippen LogP contribution is 2.15. The second-order valence-corrected chi connectivity index (χ2v) is 6.62. The second-order valence-electron chi connectivity index (χ2n) is 4.62. The average Bonchev–Trinajstić information content (AvgIpc) is 2.88. The summed E-state index contributed by atoms with van der Waals surface area (Å²) < 4.78 is 32.7. The predicted molar refractivity (Wildman–Crippen MR) is 77.1 cm³/mol. The lowest BCUT2D eigenvalue weighted by atomic mass is 10.4. The summed E-state index contributed by atoms with van der Waals surface area (Å²) in [6, 6.07) is -0.227. The quantitative estimate of drug-likeness (QED) is 0.657. The highest BCUT2D eigenvalue weighted by molar-refractivity contribution is 7.89. The van der Waals surface area contributed by atoms with E-state index in [1.54, 1.807) is 32.0 Å². The molecule has 0 aliphatic rings. The van der Waals surface area contributed by atoms with E-state index in [4.69, 9.17) is 4.74 Å². The molecule has 1 aromatic heterocycles. The van der Waals surface area contributed by atoms with E-state index in [1.165, 1.54) is 10.5 Å². The Bertz CT molecular complexity index is 501. The molecule has 0 aromatic carbocycles. The van der Waals surface area contributed by atoms with E-state index < -0.39 is 10.0 Å². The molecule has 0 radical (unpaired) electrons. The van der Waals surface area contributed by atoms with Gasteiger partial charge in [0.05, 0.1) is 19.3 Å². The molecule has 116 valence electrons. The fourth-order valence-corrected chi connectivity index (χ4v) is 3.02. The molecule has 0 aliphatic heterocycles. The van der Waals surface area contributed by atoms with Gasteiger partial charge in [-0.15, -0.1) is 0 Å². The summed E-state index contributed by atoms with van der Waals surface area (Å²) in [4.78, 5) is 0.208. The molecule has 0 amide bonds. The summed E-state index contributed by atoms with van der Waals surface area (Å²) in [7, 11) is -0.419.